The molecule has 0 bridgehead atoms. The number of fused-ring (bicyclic) bond motifs is 1. The van der Waals surface area contributed by atoms with Gasteiger partial charge >= 0.3 is 18.0 Å². The van der Waals surface area contributed by atoms with E-state index in [0.717, 1.165) is 16.7 Å². The molecule has 2 fully saturated rings. The average Bonchev–Trinajstić information content (AvgIpc) is 3.52. The Bertz CT molecular complexity index is 2090. The second-order valence-corrected chi connectivity index (χ2v) is 17.5. The standard InChI is InChI=1S/C45H50N4O9S/c1-44(2,3)57-35(51)22-21-34(50)46-33-19-17-28(18-20-33)26-48-24-23-31(39(48)52)25-32-27-59-41-36(47-43(55)58-45(4,5)6)40(53)49(41)37(32)42(54)56-38(29-13-9-7-10-14-29)30-15-11-8-12-16-30/h7-20,25,27,36-38,41H,21-24,26H2,1-6H3,(H,46,50)(H,47,55)/t36-,37-,41-/m1/s1. The Balaban J connectivity index is 1.17. The maximum Gasteiger partial charge on any atom is 0.408 e. The first-order valence-electron chi connectivity index (χ1n) is 19.5. The maximum absolute atomic E-state index is 14.4. The average molecular weight is 823 g/mol. The Labute approximate surface area is 348 Å². The third kappa shape index (κ3) is 11.0. The van der Waals surface area contributed by atoms with Gasteiger partial charge in [-0.05, 0) is 93.8 Å². The Morgan fingerprint density at radius 3 is 2.03 bits per heavy atom. The summed E-state index contributed by atoms with van der Waals surface area (Å²) in [6.07, 6.45) is 0.513. The largest absolute Gasteiger partial charge is 0.460 e. The highest BCUT2D eigenvalue weighted by atomic mass is 32.2. The molecule has 2 saturated heterocycles. The van der Waals surface area contributed by atoms with Crippen molar-refractivity contribution in [3.05, 3.63) is 124 Å². The topological polar surface area (TPSA) is 161 Å². The number of carbonyl (C=O) groups is 6. The fourth-order valence-corrected chi connectivity index (χ4v) is 8.06. The number of carbonyl (C=O) groups excluding carboxylic acids is 6. The minimum Gasteiger partial charge on any atom is -0.460 e. The van der Waals surface area contributed by atoms with E-state index in [2.05, 4.69) is 10.6 Å². The van der Waals surface area contributed by atoms with Crippen molar-refractivity contribution in [1.82, 2.24) is 15.1 Å². The summed E-state index contributed by atoms with van der Waals surface area (Å²) in [4.78, 5) is 82.3. The normalized spacial score (nSPS) is 19.7. The number of amides is 4. The van der Waals surface area contributed by atoms with Gasteiger partial charge in [0.25, 0.3) is 0 Å². The van der Waals surface area contributed by atoms with E-state index in [1.165, 1.54) is 16.7 Å². The van der Waals surface area contributed by atoms with Crippen molar-refractivity contribution in [3.8, 4) is 0 Å². The number of nitrogens with zero attached hydrogens (tertiary/aromatic N) is 2. The number of anilines is 1. The van der Waals surface area contributed by atoms with E-state index in [9.17, 15) is 28.8 Å². The summed E-state index contributed by atoms with van der Waals surface area (Å²) in [5, 5.41) is 6.58. The molecule has 3 aliphatic rings. The highest BCUT2D eigenvalue weighted by molar-refractivity contribution is 8.03. The number of hydrogen-bond donors (Lipinski definition) is 2. The monoisotopic (exact) mass is 822 g/mol. The lowest BCUT2D eigenvalue weighted by atomic mass is 9.95. The second kappa shape index (κ2) is 17.9. The quantitative estimate of drug-likeness (QED) is 0.0861. The van der Waals surface area contributed by atoms with Crippen LogP contribution in [0.1, 0.15) is 83.6 Å². The van der Waals surface area contributed by atoms with Gasteiger partial charge in [0.05, 0.1) is 6.42 Å². The summed E-state index contributed by atoms with van der Waals surface area (Å²) in [5.41, 5.74) is 2.38. The highest BCUT2D eigenvalue weighted by Crippen LogP contribution is 2.42. The number of esters is 2. The lowest BCUT2D eigenvalue weighted by molar-refractivity contribution is -0.164. The van der Waals surface area contributed by atoms with Crippen LogP contribution in [0.25, 0.3) is 0 Å². The number of β-lactam (4-membered cyclic amide) rings is 1. The Morgan fingerprint density at radius 2 is 1.44 bits per heavy atom. The maximum atomic E-state index is 14.4. The van der Waals surface area contributed by atoms with E-state index in [1.54, 1.807) is 70.1 Å². The van der Waals surface area contributed by atoms with Crippen LogP contribution >= 0.6 is 11.8 Å². The summed E-state index contributed by atoms with van der Waals surface area (Å²) in [5.74, 6) is -2.13. The summed E-state index contributed by atoms with van der Waals surface area (Å²) in [7, 11) is 0. The molecule has 3 aromatic carbocycles. The fraction of sp³-hybridized carbons (Fsp3) is 0.378. The van der Waals surface area contributed by atoms with Crippen LogP contribution in [0.2, 0.25) is 0 Å². The molecule has 59 heavy (non-hydrogen) atoms. The molecule has 13 nitrogen and oxygen atoms in total. The van der Waals surface area contributed by atoms with Crippen molar-refractivity contribution in [1.29, 1.82) is 0 Å². The molecule has 14 heteroatoms. The van der Waals surface area contributed by atoms with Crippen molar-refractivity contribution in [3.63, 3.8) is 0 Å². The zero-order valence-corrected chi connectivity index (χ0v) is 34.9. The molecule has 0 spiro atoms. The van der Waals surface area contributed by atoms with E-state index in [-0.39, 0.29) is 24.7 Å². The van der Waals surface area contributed by atoms with E-state index in [4.69, 9.17) is 14.2 Å². The molecule has 0 radical (unpaired) electrons. The van der Waals surface area contributed by atoms with E-state index in [0.29, 0.717) is 36.3 Å². The van der Waals surface area contributed by atoms with Crippen LogP contribution in [0.4, 0.5) is 10.5 Å². The van der Waals surface area contributed by atoms with Gasteiger partial charge in [-0.15, -0.1) is 11.8 Å². The van der Waals surface area contributed by atoms with Crippen molar-refractivity contribution < 1.29 is 43.0 Å². The van der Waals surface area contributed by atoms with Gasteiger partial charge in [0, 0.05) is 30.8 Å². The first-order valence-corrected chi connectivity index (χ1v) is 20.5. The van der Waals surface area contributed by atoms with Gasteiger partial charge in [-0.3, -0.25) is 19.2 Å². The third-order valence-electron chi connectivity index (χ3n) is 9.49. The van der Waals surface area contributed by atoms with Gasteiger partial charge in [-0.2, -0.15) is 0 Å². The number of likely N-dealkylation sites (tertiary alicyclic amines) is 1. The number of rotatable bonds is 12. The molecular weight excluding hydrogens is 773 g/mol. The third-order valence-corrected chi connectivity index (χ3v) is 10.7. The number of benzene rings is 3. The van der Waals surface area contributed by atoms with Gasteiger partial charge in [0.15, 0.2) is 12.1 Å². The molecular formula is C45H50N4O9S. The van der Waals surface area contributed by atoms with Crippen molar-refractivity contribution in [2.75, 3.05) is 11.9 Å². The zero-order valence-electron chi connectivity index (χ0n) is 34.1. The van der Waals surface area contributed by atoms with E-state index >= 15 is 0 Å². The van der Waals surface area contributed by atoms with Crippen LogP contribution < -0.4 is 10.6 Å². The summed E-state index contributed by atoms with van der Waals surface area (Å²) < 4.78 is 16.9. The van der Waals surface area contributed by atoms with Crippen LogP contribution in [-0.2, 0) is 44.7 Å². The predicted octanol–water partition coefficient (Wildman–Crippen LogP) is 6.80. The molecule has 6 rings (SSSR count). The Hall–Kier alpha value is -5.89. The first-order chi connectivity index (χ1) is 28.0. The Kier molecular flexibility index (Phi) is 13.0. The minimum absolute atomic E-state index is 0.0155. The molecule has 3 aliphatic heterocycles. The van der Waals surface area contributed by atoms with Crippen molar-refractivity contribution in [2.24, 2.45) is 0 Å². The summed E-state index contributed by atoms with van der Waals surface area (Å²) in [6, 6.07) is 23.6. The molecule has 0 aromatic heterocycles. The lowest BCUT2D eigenvalue weighted by Crippen LogP contribution is -2.74. The molecule has 3 heterocycles. The van der Waals surface area contributed by atoms with Gasteiger partial charge in [0.1, 0.15) is 22.6 Å². The second-order valence-electron chi connectivity index (χ2n) is 16.5. The number of thioether (sulfide) groups is 1. The lowest BCUT2D eigenvalue weighted by Gasteiger charge is -2.51. The van der Waals surface area contributed by atoms with Crippen molar-refractivity contribution >= 4 is 53.2 Å². The molecule has 4 amide bonds. The van der Waals surface area contributed by atoms with Gasteiger partial charge < -0.3 is 34.6 Å². The molecule has 0 aliphatic carbocycles. The summed E-state index contributed by atoms with van der Waals surface area (Å²) >= 11 is 1.27. The molecule has 3 atom stereocenters. The minimum atomic E-state index is -1.19. The van der Waals surface area contributed by atoms with Crippen LogP contribution in [0.15, 0.2) is 108 Å². The predicted molar refractivity (Wildman–Crippen MR) is 222 cm³/mol. The number of ether oxygens (including phenoxy) is 3. The van der Waals surface area contributed by atoms with Crippen LogP contribution in [0.3, 0.4) is 0 Å². The number of nitrogens with one attached hydrogen (secondary N) is 2. The highest BCUT2D eigenvalue weighted by Gasteiger charge is 2.56. The first kappa shape index (κ1) is 42.7. The van der Waals surface area contributed by atoms with Gasteiger partial charge in [-0.1, -0.05) is 72.8 Å². The van der Waals surface area contributed by atoms with Gasteiger partial charge in [-0.25, -0.2) is 9.59 Å². The molecule has 310 valence electrons. The Morgan fingerprint density at radius 1 is 0.831 bits per heavy atom. The smallest absolute Gasteiger partial charge is 0.408 e. The molecule has 3 aromatic rings. The molecule has 0 saturated carbocycles. The van der Waals surface area contributed by atoms with Crippen LogP contribution in [-0.4, -0.2) is 80.8 Å². The van der Waals surface area contributed by atoms with E-state index in [1.807, 2.05) is 72.8 Å². The molecule has 0 unspecified atom stereocenters. The van der Waals surface area contributed by atoms with Crippen LogP contribution in [0, 0.1) is 0 Å². The number of hydrogen-bond acceptors (Lipinski definition) is 10. The summed E-state index contributed by atoms with van der Waals surface area (Å²) in [6.45, 7) is 11.2. The fourth-order valence-electron chi connectivity index (χ4n) is 6.87. The van der Waals surface area contributed by atoms with E-state index < -0.39 is 58.7 Å². The zero-order chi connectivity index (χ0) is 42.5. The molecule has 2 N–H and O–H groups in total. The SMILES string of the molecule is CC(C)(C)OC(=O)CCC(=O)Nc1ccc(CN2CCC(=CC3=CS[C@@H]4[C@H](NC(=O)OC(C)(C)C)C(=O)N4[C@H]3C(=O)OC(c3ccccc3)c3ccccc3)C2=O)cc1. The van der Waals surface area contributed by atoms with Crippen molar-refractivity contribution in [2.45, 2.75) is 102 Å². The van der Waals surface area contributed by atoms with Gasteiger partial charge in [0.2, 0.25) is 17.7 Å². The van der Waals surface area contributed by atoms with Crippen LogP contribution in [0.5, 0.6) is 0 Å². The number of alkyl carbamates (subject to hydrolysis) is 1.